The van der Waals surface area contributed by atoms with Gasteiger partial charge in [-0.05, 0) is 76.6 Å². The van der Waals surface area contributed by atoms with Crippen LogP contribution in [0.2, 0.25) is 0 Å². The number of nitrogens with zero attached hydrogens (tertiary/aromatic N) is 6. The summed E-state index contributed by atoms with van der Waals surface area (Å²) in [4.78, 5) is 23.7. The lowest BCUT2D eigenvalue weighted by molar-refractivity contribution is -0.000607. The second kappa shape index (κ2) is 11.7. The summed E-state index contributed by atoms with van der Waals surface area (Å²) in [6, 6.07) is 4.63. The Labute approximate surface area is 280 Å². The fourth-order valence-electron chi connectivity index (χ4n) is 8.25. The van der Waals surface area contributed by atoms with Gasteiger partial charge in [0, 0.05) is 55.0 Å². The highest BCUT2D eigenvalue weighted by molar-refractivity contribution is 6.00. The second-order valence-corrected chi connectivity index (χ2v) is 14.9. The lowest BCUT2D eigenvalue weighted by Gasteiger charge is -2.35. The molecule has 0 spiro atoms. The predicted octanol–water partition coefficient (Wildman–Crippen LogP) is 6.94. The first-order valence-corrected chi connectivity index (χ1v) is 16.9. The zero-order chi connectivity index (χ0) is 34.2. The topological polar surface area (TPSA) is 96.2 Å². The molecule has 0 radical (unpaired) electrons. The molecule has 2 aromatic carbocycles. The average molecular weight is 679 g/mol. The standard InChI is InChI=1S/C36H38F4N6O3/c1-35(2,3)49-44-30-20-5-6-21(30)16-45(15-20)33-25-14-41-31(24-12-23(47)11-19-7-8-26(38)28(39)27(19)24)29(40)32(25)42-34(43-33)48-18-36-9-4-10-46(36)17-22(37)13-36/h7-8,11-12,14,20-22,47H,4-6,9-10,13,15-18H2,1-3H3/t20?,21?,22-,36+/m1/s1. The van der Waals surface area contributed by atoms with E-state index >= 15 is 8.78 Å². The van der Waals surface area contributed by atoms with Crippen molar-refractivity contribution in [3.8, 4) is 23.0 Å². The van der Waals surface area contributed by atoms with Crippen LogP contribution in [-0.4, -0.2) is 80.8 Å². The molecule has 258 valence electrons. The monoisotopic (exact) mass is 678 g/mol. The number of oxime groups is 1. The normalized spacial score (nSPS) is 25.4. The molecule has 4 aliphatic rings. The number of phenols is 1. The number of aromatic nitrogens is 3. The minimum absolute atomic E-state index is 0.0667. The molecular formula is C36H38F4N6O3. The summed E-state index contributed by atoms with van der Waals surface area (Å²) in [6.45, 7) is 8.25. The third-order valence-corrected chi connectivity index (χ3v) is 10.4. The van der Waals surface area contributed by atoms with Crippen molar-refractivity contribution in [1.82, 2.24) is 19.9 Å². The lowest BCUT2D eigenvalue weighted by atomic mass is 9.95. The Balaban J connectivity index is 1.23. The molecule has 2 bridgehead atoms. The minimum atomic E-state index is -1.18. The molecule has 2 unspecified atom stereocenters. The summed E-state index contributed by atoms with van der Waals surface area (Å²) in [6.07, 6.45) is 4.37. The van der Waals surface area contributed by atoms with Gasteiger partial charge in [-0.15, -0.1) is 0 Å². The molecule has 8 rings (SSSR count). The van der Waals surface area contributed by atoms with Crippen LogP contribution in [0.15, 0.2) is 35.6 Å². The molecular weight excluding hydrogens is 640 g/mol. The summed E-state index contributed by atoms with van der Waals surface area (Å²) in [5.74, 6) is -2.81. The molecule has 4 atom stereocenters. The number of ether oxygens (including phenoxy) is 1. The van der Waals surface area contributed by atoms with Gasteiger partial charge in [0.1, 0.15) is 41.2 Å². The first kappa shape index (κ1) is 32.0. The first-order valence-electron chi connectivity index (χ1n) is 16.9. The van der Waals surface area contributed by atoms with Crippen molar-refractivity contribution in [2.75, 3.05) is 37.7 Å². The number of benzene rings is 2. The van der Waals surface area contributed by atoms with Crippen molar-refractivity contribution in [1.29, 1.82) is 0 Å². The van der Waals surface area contributed by atoms with E-state index in [2.05, 4.69) is 24.9 Å². The Bertz CT molecular complexity index is 1990. The third kappa shape index (κ3) is 5.59. The van der Waals surface area contributed by atoms with Gasteiger partial charge < -0.3 is 19.6 Å². The minimum Gasteiger partial charge on any atom is -0.508 e. The van der Waals surface area contributed by atoms with Crippen LogP contribution in [0.25, 0.3) is 32.9 Å². The zero-order valence-corrected chi connectivity index (χ0v) is 27.6. The third-order valence-electron chi connectivity index (χ3n) is 10.4. The van der Waals surface area contributed by atoms with E-state index in [4.69, 9.17) is 14.6 Å². The molecule has 5 heterocycles. The van der Waals surface area contributed by atoms with Crippen LogP contribution < -0.4 is 9.64 Å². The number of hydrogen-bond donors (Lipinski definition) is 1. The molecule has 4 aromatic rings. The van der Waals surface area contributed by atoms with Crippen LogP contribution in [0.1, 0.15) is 52.9 Å². The SMILES string of the molecule is CC(C)(C)ON=C1C2CCC1CN(c1nc(OC[C@@]34CCCN3C[C@H](F)C4)nc3c(F)c(-c4cc(O)cc5ccc(F)c(F)c45)ncc13)C2. The van der Waals surface area contributed by atoms with Gasteiger partial charge in [0.05, 0.1) is 16.6 Å². The Kier molecular flexibility index (Phi) is 7.62. The maximum Gasteiger partial charge on any atom is 0.319 e. The van der Waals surface area contributed by atoms with Gasteiger partial charge in [0.15, 0.2) is 17.5 Å². The molecule has 3 aliphatic heterocycles. The van der Waals surface area contributed by atoms with Crippen molar-refractivity contribution in [2.24, 2.45) is 17.0 Å². The number of piperidine rings is 1. The highest BCUT2D eigenvalue weighted by atomic mass is 19.2. The Morgan fingerprint density at radius 3 is 2.57 bits per heavy atom. The van der Waals surface area contributed by atoms with Crippen LogP contribution in [0.3, 0.4) is 0 Å². The predicted molar refractivity (Wildman–Crippen MR) is 177 cm³/mol. The average Bonchev–Trinajstić information content (AvgIpc) is 3.66. The van der Waals surface area contributed by atoms with E-state index in [9.17, 15) is 13.9 Å². The number of rotatable bonds is 6. The molecule has 3 saturated heterocycles. The summed E-state index contributed by atoms with van der Waals surface area (Å²) >= 11 is 0. The maximum absolute atomic E-state index is 16.8. The molecule has 49 heavy (non-hydrogen) atoms. The van der Waals surface area contributed by atoms with Crippen LogP contribution >= 0.6 is 0 Å². The van der Waals surface area contributed by atoms with E-state index in [1.165, 1.54) is 18.3 Å². The van der Waals surface area contributed by atoms with Gasteiger partial charge >= 0.3 is 6.01 Å². The molecule has 0 amide bonds. The fourth-order valence-corrected chi connectivity index (χ4v) is 8.25. The van der Waals surface area contributed by atoms with Gasteiger partial charge in [-0.1, -0.05) is 11.2 Å². The van der Waals surface area contributed by atoms with Crippen molar-refractivity contribution >= 4 is 33.2 Å². The first-order chi connectivity index (χ1) is 23.4. The Hall–Kier alpha value is -4.26. The van der Waals surface area contributed by atoms with Crippen molar-refractivity contribution in [2.45, 2.75) is 70.2 Å². The summed E-state index contributed by atoms with van der Waals surface area (Å²) in [7, 11) is 0. The van der Waals surface area contributed by atoms with E-state index in [0.717, 1.165) is 50.1 Å². The van der Waals surface area contributed by atoms with Crippen molar-refractivity contribution in [3.63, 3.8) is 0 Å². The number of anilines is 1. The van der Waals surface area contributed by atoms with E-state index in [-0.39, 0.29) is 57.7 Å². The van der Waals surface area contributed by atoms with Gasteiger partial charge in [-0.3, -0.25) is 9.88 Å². The van der Waals surface area contributed by atoms with E-state index in [1.807, 2.05) is 20.8 Å². The molecule has 2 aromatic heterocycles. The smallest absolute Gasteiger partial charge is 0.319 e. The van der Waals surface area contributed by atoms with Crippen LogP contribution in [0, 0.1) is 29.3 Å². The van der Waals surface area contributed by atoms with E-state index in [0.29, 0.717) is 37.3 Å². The number of fused-ring (bicyclic) bond motifs is 5. The number of halogens is 4. The largest absolute Gasteiger partial charge is 0.508 e. The highest BCUT2D eigenvalue weighted by Crippen LogP contribution is 2.43. The van der Waals surface area contributed by atoms with Crippen LogP contribution in [0.5, 0.6) is 11.8 Å². The summed E-state index contributed by atoms with van der Waals surface area (Å²) in [5.41, 5.74) is -0.435. The number of pyridine rings is 1. The van der Waals surface area contributed by atoms with Crippen molar-refractivity contribution < 1.29 is 32.2 Å². The number of alkyl halides is 1. The quantitative estimate of drug-likeness (QED) is 0.173. The maximum atomic E-state index is 16.8. The number of hydrogen-bond acceptors (Lipinski definition) is 9. The van der Waals surface area contributed by atoms with Crippen LogP contribution in [0.4, 0.5) is 23.4 Å². The zero-order valence-electron chi connectivity index (χ0n) is 27.6. The van der Waals surface area contributed by atoms with Gasteiger partial charge in [-0.25, -0.2) is 17.6 Å². The lowest BCUT2D eigenvalue weighted by Crippen LogP contribution is -2.44. The Morgan fingerprint density at radius 1 is 1.04 bits per heavy atom. The molecule has 1 saturated carbocycles. The van der Waals surface area contributed by atoms with Crippen LogP contribution in [-0.2, 0) is 4.84 Å². The summed E-state index contributed by atoms with van der Waals surface area (Å²) in [5, 5.41) is 15.3. The number of phenolic OH excluding ortho intramolecular Hbond substituents is 1. The fraction of sp³-hybridized carbons (Fsp3) is 0.500. The number of aromatic hydroxyl groups is 1. The molecule has 13 heteroatoms. The summed E-state index contributed by atoms with van der Waals surface area (Å²) < 4.78 is 67.2. The second-order valence-electron chi connectivity index (χ2n) is 14.9. The van der Waals surface area contributed by atoms with Gasteiger partial charge in [0.2, 0.25) is 0 Å². The molecule has 4 fully saturated rings. The van der Waals surface area contributed by atoms with Crippen molar-refractivity contribution in [3.05, 3.63) is 47.9 Å². The van der Waals surface area contributed by atoms with E-state index < -0.39 is 34.8 Å². The van der Waals surface area contributed by atoms with Gasteiger partial charge in [-0.2, -0.15) is 9.97 Å². The Morgan fingerprint density at radius 2 is 1.82 bits per heavy atom. The molecule has 1 aliphatic carbocycles. The molecule has 1 N–H and O–H groups in total. The molecule has 9 nitrogen and oxygen atoms in total. The van der Waals surface area contributed by atoms with E-state index in [1.54, 1.807) is 0 Å². The highest BCUT2D eigenvalue weighted by Gasteiger charge is 2.49. The van der Waals surface area contributed by atoms with Gasteiger partial charge in [0.25, 0.3) is 0 Å².